The molecule has 4 heteroatoms. The lowest BCUT2D eigenvalue weighted by molar-refractivity contribution is 0.301. The maximum absolute atomic E-state index is 4.36. The van der Waals surface area contributed by atoms with Crippen LogP contribution in [0.25, 0.3) is 0 Å². The van der Waals surface area contributed by atoms with Crippen molar-refractivity contribution in [1.29, 1.82) is 0 Å². The van der Waals surface area contributed by atoms with E-state index in [1.54, 1.807) is 6.33 Å². The number of piperidine rings is 1. The fraction of sp³-hybridized carbons (Fsp3) is 0.800. The van der Waals surface area contributed by atoms with Gasteiger partial charge in [-0.3, -0.25) is 4.68 Å². The second-order valence-corrected chi connectivity index (χ2v) is 4.01. The van der Waals surface area contributed by atoms with Crippen molar-refractivity contribution in [3.63, 3.8) is 0 Å². The van der Waals surface area contributed by atoms with Crippen molar-refractivity contribution < 1.29 is 0 Å². The number of hydrogen-bond acceptors (Lipinski definition) is 3. The van der Waals surface area contributed by atoms with Gasteiger partial charge < -0.3 is 5.32 Å². The number of aromatic nitrogens is 3. The molecule has 2 atom stereocenters. The van der Waals surface area contributed by atoms with Crippen LogP contribution in [0.4, 0.5) is 0 Å². The zero-order valence-electron chi connectivity index (χ0n) is 8.90. The maximum atomic E-state index is 4.36. The Bertz CT molecular complexity index is 294. The molecule has 78 valence electrons. The van der Waals surface area contributed by atoms with Crippen molar-refractivity contribution >= 4 is 0 Å². The topological polar surface area (TPSA) is 42.7 Å². The molecule has 1 N–H and O–H groups in total. The highest BCUT2D eigenvalue weighted by molar-refractivity contribution is 5.00. The van der Waals surface area contributed by atoms with E-state index in [2.05, 4.69) is 22.3 Å². The molecule has 1 saturated heterocycles. The molecule has 0 radical (unpaired) electrons. The molecule has 1 aromatic heterocycles. The average molecular weight is 194 g/mol. The van der Waals surface area contributed by atoms with Crippen LogP contribution in [-0.2, 0) is 7.05 Å². The fourth-order valence-electron chi connectivity index (χ4n) is 2.33. The molecule has 0 aliphatic carbocycles. The molecule has 0 bridgehead atoms. The predicted molar refractivity (Wildman–Crippen MR) is 55.0 cm³/mol. The minimum Gasteiger partial charge on any atom is -0.316 e. The van der Waals surface area contributed by atoms with E-state index in [0.717, 1.165) is 18.9 Å². The molecule has 1 aliphatic heterocycles. The van der Waals surface area contributed by atoms with Crippen molar-refractivity contribution in [1.82, 2.24) is 20.1 Å². The minimum absolute atomic E-state index is 0.591. The van der Waals surface area contributed by atoms with Gasteiger partial charge in [0.2, 0.25) is 0 Å². The Balaban J connectivity index is 2.19. The van der Waals surface area contributed by atoms with Gasteiger partial charge in [0.1, 0.15) is 12.2 Å². The minimum atomic E-state index is 0.591. The summed E-state index contributed by atoms with van der Waals surface area (Å²) < 4.78 is 1.92. The summed E-state index contributed by atoms with van der Waals surface area (Å²) in [6.45, 7) is 4.48. The van der Waals surface area contributed by atoms with Gasteiger partial charge in [-0.1, -0.05) is 13.3 Å². The third-order valence-corrected chi connectivity index (χ3v) is 3.21. The first-order chi connectivity index (χ1) is 6.83. The Kier molecular flexibility index (Phi) is 2.82. The number of nitrogens with zero attached hydrogens (tertiary/aromatic N) is 3. The third-order valence-electron chi connectivity index (χ3n) is 3.21. The molecular formula is C10H18N4. The van der Waals surface area contributed by atoms with Crippen LogP contribution in [0.15, 0.2) is 6.33 Å². The fourth-order valence-corrected chi connectivity index (χ4v) is 2.33. The largest absolute Gasteiger partial charge is 0.316 e. The number of rotatable bonds is 2. The highest BCUT2D eigenvalue weighted by atomic mass is 15.3. The first kappa shape index (κ1) is 9.65. The molecule has 0 saturated carbocycles. The van der Waals surface area contributed by atoms with Crippen LogP contribution in [-0.4, -0.2) is 27.9 Å². The van der Waals surface area contributed by atoms with Gasteiger partial charge in [-0.15, -0.1) is 0 Å². The molecular weight excluding hydrogens is 176 g/mol. The van der Waals surface area contributed by atoms with Crippen LogP contribution in [0.3, 0.4) is 0 Å². The third kappa shape index (κ3) is 1.66. The van der Waals surface area contributed by atoms with E-state index in [1.807, 2.05) is 11.7 Å². The van der Waals surface area contributed by atoms with Crippen LogP contribution >= 0.6 is 0 Å². The monoisotopic (exact) mass is 194 g/mol. The lowest BCUT2D eigenvalue weighted by atomic mass is 9.84. The molecule has 0 aromatic carbocycles. The van der Waals surface area contributed by atoms with Crippen molar-refractivity contribution in [3.05, 3.63) is 12.2 Å². The highest BCUT2D eigenvalue weighted by Gasteiger charge is 2.27. The molecule has 0 amide bonds. The summed E-state index contributed by atoms with van der Waals surface area (Å²) >= 11 is 0. The Morgan fingerprint density at radius 2 is 2.50 bits per heavy atom. The average Bonchev–Trinajstić information content (AvgIpc) is 2.64. The molecule has 2 rings (SSSR count). The van der Waals surface area contributed by atoms with Crippen molar-refractivity contribution in [3.8, 4) is 0 Å². The van der Waals surface area contributed by atoms with E-state index < -0.39 is 0 Å². The van der Waals surface area contributed by atoms with Crippen LogP contribution in [0, 0.1) is 5.92 Å². The maximum Gasteiger partial charge on any atom is 0.138 e. The molecule has 1 aromatic rings. The normalized spacial score (nSPS) is 27.9. The van der Waals surface area contributed by atoms with Crippen molar-refractivity contribution in [2.24, 2.45) is 13.0 Å². The lowest BCUT2D eigenvalue weighted by Gasteiger charge is -2.30. The van der Waals surface area contributed by atoms with Gasteiger partial charge in [0.15, 0.2) is 0 Å². The van der Waals surface area contributed by atoms with Gasteiger partial charge in [-0.2, -0.15) is 5.10 Å². The molecule has 4 nitrogen and oxygen atoms in total. The first-order valence-electron chi connectivity index (χ1n) is 5.37. The second kappa shape index (κ2) is 4.09. The standard InChI is InChI=1S/C10H18N4/c1-3-8-6-11-5-4-9(8)10-12-7-13-14(10)2/h7-9,11H,3-6H2,1-2H3. The number of nitrogens with one attached hydrogen (secondary N) is 1. The zero-order valence-corrected chi connectivity index (χ0v) is 8.90. The molecule has 1 fully saturated rings. The van der Waals surface area contributed by atoms with E-state index in [9.17, 15) is 0 Å². The lowest BCUT2D eigenvalue weighted by Crippen LogP contribution is -2.36. The smallest absolute Gasteiger partial charge is 0.138 e. The van der Waals surface area contributed by atoms with Crippen LogP contribution in [0.5, 0.6) is 0 Å². The van der Waals surface area contributed by atoms with Gasteiger partial charge in [-0.25, -0.2) is 4.98 Å². The summed E-state index contributed by atoms with van der Waals surface area (Å²) in [5.41, 5.74) is 0. The molecule has 1 aliphatic rings. The summed E-state index contributed by atoms with van der Waals surface area (Å²) in [4.78, 5) is 4.36. The van der Waals surface area contributed by atoms with Gasteiger partial charge in [0, 0.05) is 13.0 Å². The first-order valence-corrected chi connectivity index (χ1v) is 5.37. The quantitative estimate of drug-likeness (QED) is 0.761. The van der Waals surface area contributed by atoms with Gasteiger partial charge in [0.25, 0.3) is 0 Å². The summed E-state index contributed by atoms with van der Waals surface area (Å²) in [6.07, 6.45) is 4.06. The molecule has 0 spiro atoms. The second-order valence-electron chi connectivity index (χ2n) is 4.01. The van der Waals surface area contributed by atoms with E-state index >= 15 is 0 Å². The predicted octanol–water partition coefficient (Wildman–Crippen LogP) is 0.918. The summed E-state index contributed by atoms with van der Waals surface area (Å²) in [5, 5.41) is 7.59. The molecule has 14 heavy (non-hydrogen) atoms. The summed E-state index contributed by atoms with van der Waals surface area (Å²) in [6, 6.07) is 0. The van der Waals surface area contributed by atoms with E-state index in [4.69, 9.17) is 0 Å². The zero-order chi connectivity index (χ0) is 9.97. The Labute approximate surface area is 84.7 Å². The van der Waals surface area contributed by atoms with Crippen molar-refractivity contribution in [2.45, 2.75) is 25.7 Å². The molecule has 2 heterocycles. The van der Waals surface area contributed by atoms with Crippen LogP contribution < -0.4 is 5.32 Å². The highest BCUT2D eigenvalue weighted by Crippen LogP contribution is 2.30. The number of aryl methyl sites for hydroxylation is 1. The van der Waals surface area contributed by atoms with Gasteiger partial charge >= 0.3 is 0 Å². The Morgan fingerprint density at radius 3 is 3.14 bits per heavy atom. The Morgan fingerprint density at radius 1 is 1.64 bits per heavy atom. The Hall–Kier alpha value is -0.900. The number of hydrogen-bond donors (Lipinski definition) is 1. The van der Waals surface area contributed by atoms with E-state index in [0.29, 0.717) is 11.8 Å². The molecule has 2 unspecified atom stereocenters. The van der Waals surface area contributed by atoms with Gasteiger partial charge in [-0.05, 0) is 25.4 Å². The van der Waals surface area contributed by atoms with Crippen LogP contribution in [0.1, 0.15) is 31.5 Å². The SMILES string of the molecule is CCC1CNCCC1c1ncnn1C. The summed E-state index contributed by atoms with van der Waals surface area (Å²) in [7, 11) is 1.98. The van der Waals surface area contributed by atoms with Crippen LogP contribution in [0.2, 0.25) is 0 Å². The van der Waals surface area contributed by atoms with E-state index in [1.165, 1.54) is 12.8 Å². The summed E-state index contributed by atoms with van der Waals surface area (Å²) in [5.74, 6) is 2.46. The van der Waals surface area contributed by atoms with Crippen molar-refractivity contribution in [2.75, 3.05) is 13.1 Å². The van der Waals surface area contributed by atoms with E-state index in [-0.39, 0.29) is 0 Å². The van der Waals surface area contributed by atoms with Gasteiger partial charge in [0.05, 0.1) is 0 Å².